The molecule has 0 spiro atoms. The van der Waals surface area contributed by atoms with Gasteiger partial charge in [-0.1, -0.05) is 18.2 Å². The summed E-state index contributed by atoms with van der Waals surface area (Å²) in [6, 6.07) is 15.4. The summed E-state index contributed by atoms with van der Waals surface area (Å²) in [6.07, 6.45) is 3.45. The maximum atomic E-state index is 12.6. The number of aromatic nitrogens is 3. The minimum absolute atomic E-state index is 0.0425. The third-order valence-electron chi connectivity index (χ3n) is 5.05. The van der Waals surface area contributed by atoms with Crippen LogP contribution in [0.1, 0.15) is 44.6 Å². The zero-order chi connectivity index (χ0) is 21.3. The molecule has 0 aliphatic rings. The summed E-state index contributed by atoms with van der Waals surface area (Å²) in [6.45, 7) is 5.94. The Kier molecular flexibility index (Phi) is 5.14. The molecule has 6 heteroatoms. The summed E-state index contributed by atoms with van der Waals surface area (Å²) >= 11 is 0. The fourth-order valence-electron chi connectivity index (χ4n) is 3.45. The van der Waals surface area contributed by atoms with Crippen molar-refractivity contribution in [2.24, 2.45) is 0 Å². The normalized spacial score (nSPS) is 10.9. The molecule has 0 radical (unpaired) electrons. The van der Waals surface area contributed by atoms with Crippen LogP contribution in [0.5, 0.6) is 0 Å². The number of pyridine rings is 2. The number of benzene rings is 1. The second-order valence-electron chi connectivity index (χ2n) is 7.39. The number of nitrogens with zero attached hydrogens (tertiary/aromatic N) is 3. The van der Waals surface area contributed by atoms with Crippen LogP contribution in [0.15, 0.2) is 60.9 Å². The number of rotatable bonds is 5. The summed E-state index contributed by atoms with van der Waals surface area (Å²) in [5.74, 6) is -0.297. The van der Waals surface area contributed by atoms with Gasteiger partial charge in [-0.2, -0.15) is 5.10 Å². The van der Waals surface area contributed by atoms with E-state index < -0.39 is 0 Å². The van der Waals surface area contributed by atoms with E-state index in [0.717, 1.165) is 33.5 Å². The van der Waals surface area contributed by atoms with Crippen molar-refractivity contribution in [1.82, 2.24) is 19.9 Å². The summed E-state index contributed by atoms with van der Waals surface area (Å²) in [5.41, 5.74) is 7.04. The molecule has 1 N–H and O–H groups in total. The van der Waals surface area contributed by atoms with E-state index in [2.05, 4.69) is 40.5 Å². The molecule has 0 saturated carbocycles. The molecule has 1 aromatic carbocycles. The number of amides is 1. The van der Waals surface area contributed by atoms with Crippen molar-refractivity contribution in [2.45, 2.75) is 27.3 Å². The van der Waals surface area contributed by atoms with Crippen LogP contribution in [-0.4, -0.2) is 26.3 Å². The van der Waals surface area contributed by atoms with Gasteiger partial charge < -0.3 is 5.32 Å². The Balaban J connectivity index is 1.48. The first-order valence-electron chi connectivity index (χ1n) is 9.72. The maximum absolute atomic E-state index is 12.6. The number of carbonyl (C=O) groups excluding carboxylic acids is 2. The largest absolute Gasteiger partial charge is 0.347 e. The van der Waals surface area contributed by atoms with Gasteiger partial charge in [0.25, 0.3) is 5.91 Å². The minimum atomic E-state index is -0.255. The van der Waals surface area contributed by atoms with Crippen molar-refractivity contribution in [3.63, 3.8) is 0 Å². The number of ketones is 1. The third-order valence-corrected chi connectivity index (χ3v) is 5.05. The van der Waals surface area contributed by atoms with Crippen molar-refractivity contribution in [1.29, 1.82) is 0 Å². The van der Waals surface area contributed by atoms with Crippen molar-refractivity contribution >= 4 is 17.2 Å². The minimum Gasteiger partial charge on any atom is -0.347 e. The molecule has 1 amide bonds. The molecule has 30 heavy (non-hydrogen) atoms. The first-order valence-corrected chi connectivity index (χ1v) is 9.72. The SMILES string of the molecule is CC(=O)c1ccc2cc(C(=O)NCc3ccc(-c4ccnc(C)c4)c(C)c3)nn2c1. The lowest BCUT2D eigenvalue weighted by Gasteiger charge is -2.10. The van der Waals surface area contributed by atoms with Gasteiger partial charge in [-0.15, -0.1) is 0 Å². The lowest BCUT2D eigenvalue weighted by atomic mass is 9.98. The number of carbonyl (C=O) groups is 2. The quantitative estimate of drug-likeness (QED) is 0.513. The van der Waals surface area contributed by atoms with Gasteiger partial charge in [0, 0.05) is 30.2 Å². The molecule has 0 aliphatic heterocycles. The molecule has 0 saturated heterocycles. The van der Waals surface area contributed by atoms with Crippen LogP contribution in [0.3, 0.4) is 0 Å². The smallest absolute Gasteiger partial charge is 0.272 e. The highest BCUT2D eigenvalue weighted by atomic mass is 16.2. The van der Waals surface area contributed by atoms with Gasteiger partial charge in [-0.25, -0.2) is 4.52 Å². The van der Waals surface area contributed by atoms with Crippen LogP contribution in [0.2, 0.25) is 0 Å². The van der Waals surface area contributed by atoms with E-state index in [1.54, 1.807) is 28.9 Å². The van der Waals surface area contributed by atoms with Gasteiger partial charge in [0.2, 0.25) is 0 Å². The number of nitrogens with one attached hydrogen (secondary N) is 1. The van der Waals surface area contributed by atoms with Crippen LogP contribution < -0.4 is 5.32 Å². The fraction of sp³-hybridized carbons (Fsp3) is 0.167. The predicted molar refractivity (Wildman–Crippen MR) is 116 cm³/mol. The summed E-state index contributed by atoms with van der Waals surface area (Å²) in [5, 5.41) is 7.21. The average molecular weight is 398 g/mol. The zero-order valence-electron chi connectivity index (χ0n) is 17.1. The number of hydrogen-bond acceptors (Lipinski definition) is 4. The van der Waals surface area contributed by atoms with Gasteiger partial charge >= 0.3 is 0 Å². The van der Waals surface area contributed by atoms with E-state index in [9.17, 15) is 9.59 Å². The molecule has 3 heterocycles. The molecule has 4 aromatic rings. The van der Waals surface area contributed by atoms with Crippen molar-refractivity contribution in [3.8, 4) is 11.1 Å². The Bertz CT molecular complexity index is 1270. The highest BCUT2D eigenvalue weighted by Crippen LogP contribution is 2.24. The Labute approximate surface area is 174 Å². The summed E-state index contributed by atoms with van der Waals surface area (Å²) in [7, 11) is 0. The first kappa shape index (κ1) is 19.5. The number of hydrogen-bond donors (Lipinski definition) is 1. The second kappa shape index (κ2) is 7.91. The maximum Gasteiger partial charge on any atom is 0.272 e. The van der Waals surface area contributed by atoms with E-state index in [-0.39, 0.29) is 11.7 Å². The highest BCUT2D eigenvalue weighted by molar-refractivity contribution is 5.95. The van der Waals surface area contributed by atoms with Crippen LogP contribution in [0, 0.1) is 13.8 Å². The molecule has 6 nitrogen and oxygen atoms in total. The molecule has 0 bridgehead atoms. The van der Waals surface area contributed by atoms with E-state index in [1.165, 1.54) is 6.92 Å². The van der Waals surface area contributed by atoms with Gasteiger partial charge in [0.1, 0.15) is 0 Å². The number of Topliss-reactive ketones (excluding diaryl/α,β-unsaturated/α-hetero) is 1. The monoisotopic (exact) mass is 398 g/mol. The lowest BCUT2D eigenvalue weighted by molar-refractivity contribution is 0.0945. The van der Waals surface area contributed by atoms with Gasteiger partial charge in [0.15, 0.2) is 11.5 Å². The van der Waals surface area contributed by atoms with Gasteiger partial charge in [-0.05, 0) is 73.4 Å². The number of fused-ring (bicyclic) bond motifs is 1. The Morgan fingerprint density at radius 1 is 1.03 bits per heavy atom. The molecule has 0 fully saturated rings. The molecule has 0 aliphatic carbocycles. The van der Waals surface area contributed by atoms with Crippen LogP contribution >= 0.6 is 0 Å². The average Bonchev–Trinajstić information content (AvgIpc) is 3.15. The Morgan fingerprint density at radius 2 is 1.87 bits per heavy atom. The van der Waals surface area contributed by atoms with Gasteiger partial charge in [0.05, 0.1) is 5.52 Å². The topological polar surface area (TPSA) is 76.4 Å². The van der Waals surface area contributed by atoms with Crippen LogP contribution in [0.4, 0.5) is 0 Å². The third kappa shape index (κ3) is 3.98. The molecule has 3 aromatic heterocycles. The summed E-state index contributed by atoms with van der Waals surface area (Å²) < 4.78 is 1.56. The summed E-state index contributed by atoms with van der Waals surface area (Å²) in [4.78, 5) is 28.3. The standard InChI is InChI=1S/C24H22N4O2/c1-15-10-18(4-7-22(15)19-8-9-25-16(2)11-19)13-26-24(30)23-12-21-6-5-20(17(3)29)14-28(21)27-23/h4-12,14H,13H2,1-3H3,(H,26,30). The predicted octanol–water partition coefficient (Wildman–Crippen LogP) is 4.15. The molecule has 0 unspecified atom stereocenters. The second-order valence-corrected chi connectivity index (χ2v) is 7.39. The molecular weight excluding hydrogens is 376 g/mol. The van der Waals surface area contributed by atoms with Crippen molar-refractivity contribution in [2.75, 3.05) is 0 Å². The van der Waals surface area contributed by atoms with E-state index >= 15 is 0 Å². The van der Waals surface area contributed by atoms with Crippen LogP contribution in [-0.2, 0) is 6.54 Å². The lowest BCUT2D eigenvalue weighted by Crippen LogP contribution is -2.23. The zero-order valence-corrected chi connectivity index (χ0v) is 17.1. The Morgan fingerprint density at radius 3 is 2.60 bits per heavy atom. The Hall–Kier alpha value is -3.80. The molecule has 0 atom stereocenters. The highest BCUT2D eigenvalue weighted by Gasteiger charge is 2.12. The molecule has 4 rings (SSSR count). The van der Waals surface area contributed by atoms with Gasteiger partial charge in [-0.3, -0.25) is 14.6 Å². The van der Waals surface area contributed by atoms with Crippen LogP contribution in [0.25, 0.3) is 16.6 Å². The fourth-order valence-corrected chi connectivity index (χ4v) is 3.45. The molecular formula is C24H22N4O2. The molecule has 150 valence electrons. The van der Waals surface area contributed by atoms with E-state index in [1.807, 2.05) is 25.3 Å². The van der Waals surface area contributed by atoms with E-state index in [0.29, 0.717) is 17.8 Å². The van der Waals surface area contributed by atoms with E-state index in [4.69, 9.17) is 0 Å². The van der Waals surface area contributed by atoms with Crippen molar-refractivity contribution < 1.29 is 9.59 Å². The first-order chi connectivity index (χ1) is 14.4. The van der Waals surface area contributed by atoms with Crippen molar-refractivity contribution in [3.05, 3.63) is 89.0 Å². The number of aryl methyl sites for hydroxylation is 2.